The third-order valence-electron chi connectivity index (χ3n) is 2.31. The van der Waals surface area contributed by atoms with E-state index in [4.69, 9.17) is 15.7 Å². The molecule has 0 bridgehead atoms. The summed E-state index contributed by atoms with van der Waals surface area (Å²) < 4.78 is 5.61. The van der Waals surface area contributed by atoms with Crippen LogP contribution in [0.15, 0.2) is 36.5 Å². The molecule has 0 amide bonds. The molecule has 0 fully saturated rings. The Balaban J connectivity index is 2.39. The zero-order valence-electron chi connectivity index (χ0n) is 8.18. The van der Waals surface area contributed by atoms with Gasteiger partial charge in [0, 0.05) is 5.70 Å². The van der Waals surface area contributed by atoms with Gasteiger partial charge in [0.1, 0.15) is 5.75 Å². The average Bonchev–Trinajstić information content (AvgIpc) is 2.27. The van der Waals surface area contributed by atoms with E-state index in [9.17, 15) is 0 Å². The second-order valence-electron chi connectivity index (χ2n) is 3.36. The highest BCUT2D eigenvalue weighted by atomic mass is 16.5. The number of nitrogens with zero attached hydrogens (tertiary/aromatic N) is 2. The molecule has 1 unspecified atom stereocenters. The Bertz CT molecular complexity index is 436. The van der Waals surface area contributed by atoms with E-state index >= 15 is 0 Å². The average molecular weight is 201 g/mol. The van der Waals surface area contributed by atoms with Crippen molar-refractivity contribution < 1.29 is 4.74 Å². The highest BCUT2D eigenvalue weighted by Crippen LogP contribution is 2.33. The van der Waals surface area contributed by atoms with Gasteiger partial charge in [-0.2, -0.15) is 5.26 Å². The zero-order chi connectivity index (χ0) is 10.8. The number of fused-ring (bicyclic) bond motifs is 1. The molecule has 0 saturated carbocycles. The Labute approximate surface area is 88.2 Å². The summed E-state index contributed by atoms with van der Waals surface area (Å²) in [5.74, 6) is 0.668. The fourth-order valence-electron chi connectivity index (χ4n) is 1.52. The zero-order valence-corrected chi connectivity index (χ0v) is 8.18. The van der Waals surface area contributed by atoms with E-state index in [2.05, 4.69) is 12.8 Å². The number of nitriles is 1. The minimum atomic E-state index is -0.320. The maximum absolute atomic E-state index is 8.99. The number of para-hydroxylation sites is 2. The Morgan fingerprint density at radius 3 is 3.00 bits per heavy atom. The van der Waals surface area contributed by atoms with Crippen LogP contribution in [-0.4, -0.2) is 12.6 Å². The molecule has 1 aromatic carbocycles. The van der Waals surface area contributed by atoms with Gasteiger partial charge in [0.05, 0.1) is 12.2 Å². The van der Waals surface area contributed by atoms with Crippen molar-refractivity contribution in [2.24, 2.45) is 5.73 Å². The van der Waals surface area contributed by atoms with E-state index in [0.29, 0.717) is 18.0 Å². The van der Waals surface area contributed by atoms with Gasteiger partial charge < -0.3 is 10.5 Å². The minimum Gasteiger partial charge on any atom is -0.480 e. The predicted octanol–water partition coefficient (Wildman–Crippen LogP) is 1.21. The normalized spacial score (nSPS) is 18.6. The van der Waals surface area contributed by atoms with Crippen molar-refractivity contribution in [3.8, 4) is 11.9 Å². The third kappa shape index (κ3) is 1.59. The van der Waals surface area contributed by atoms with E-state index in [1.54, 1.807) is 4.90 Å². The monoisotopic (exact) mass is 201 g/mol. The summed E-state index contributed by atoms with van der Waals surface area (Å²) in [5.41, 5.74) is 6.80. The molecule has 1 aliphatic rings. The summed E-state index contributed by atoms with van der Waals surface area (Å²) in [7, 11) is 0. The first kappa shape index (κ1) is 9.41. The van der Waals surface area contributed by atoms with Crippen molar-refractivity contribution in [2.45, 2.75) is 6.10 Å². The van der Waals surface area contributed by atoms with Crippen molar-refractivity contribution in [1.82, 2.24) is 0 Å². The summed E-state index contributed by atoms with van der Waals surface area (Å²) in [5, 5.41) is 8.99. The van der Waals surface area contributed by atoms with Gasteiger partial charge in [-0.1, -0.05) is 18.7 Å². The van der Waals surface area contributed by atoms with Gasteiger partial charge in [0.15, 0.2) is 12.3 Å². The molecule has 2 rings (SSSR count). The molecule has 15 heavy (non-hydrogen) atoms. The summed E-state index contributed by atoms with van der Waals surface area (Å²) in [6, 6.07) is 7.38. The number of hydrogen-bond donors (Lipinski definition) is 1. The molecule has 1 aliphatic heterocycles. The lowest BCUT2D eigenvalue weighted by Crippen LogP contribution is -2.40. The minimum absolute atomic E-state index is 0.320. The van der Waals surface area contributed by atoms with E-state index in [1.165, 1.54) is 0 Å². The first-order valence-corrected chi connectivity index (χ1v) is 4.59. The first-order valence-electron chi connectivity index (χ1n) is 4.59. The number of ether oxygens (including phenoxy) is 1. The van der Waals surface area contributed by atoms with E-state index < -0.39 is 0 Å². The summed E-state index contributed by atoms with van der Waals surface area (Å²) in [6.45, 7) is 4.06. The number of hydrogen-bond acceptors (Lipinski definition) is 4. The summed E-state index contributed by atoms with van der Waals surface area (Å²) >= 11 is 0. The van der Waals surface area contributed by atoms with Crippen LogP contribution in [0, 0.1) is 11.5 Å². The van der Waals surface area contributed by atoms with Crippen LogP contribution in [0.4, 0.5) is 5.69 Å². The molecule has 0 saturated heterocycles. The van der Waals surface area contributed by atoms with Crippen LogP contribution in [-0.2, 0) is 0 Å². The highest BCUT2D eigenvalue weighted by Gasteiger charge is 2.26. The quantitative estimate of drug-likeness (QED) is 0.694. The number of nitrogens with two attached hydrogens (primary N) is 1. The summed E-state index contributed by atoms with van der Waals surface area (Å²) in [4.78, 5) is 1.56. The maximum Gasteiger partial charge on any atom is 0.184 e. The van der Waals surface area contributed by atoms with Gasteiger partial charge >= 0.3 is 0 Å². The van der Waals surface area contributed by atoms with Crippen LogP contribution in [0.5, 0.6) is 5.75 Å². The van der Waals surface area contributed by atoms with Crippen LogP contribution in [0.3, 0.4) is 0 Å². The van der Waals surface area contributed by atoms with Crippen molar-refractivity contribution >= 4 is 5.69 Å². The molecule has 2 N–H and O–H groups in total. The van der Waals surface area contributed by atoms with Crippen molar-refractivity contribution in [1.29, 1.82) is 5.26 Å². The third-order valence-corrected chi connectivity index (χ3v) is 2.31. The Hall–Kier alpha value is -2.15. The second kappa shape index (κ2) is 3.54. The Morgan fingerprint density at radius 2 is 2.33 bits per heavy atom. The molecule has 1 aromatic rings. The van der Waals surface area contributed by atoms with Crippen molar-refractivity contribution in [3.63, 3.8) is 0 Å². The van der Waals surface area contributed by atoms with Crippen molar-refractivity contribution in [3.05, 3.63) is 36.5 Å². The molecule has 4 nitrogen and oxygen atoms in total. The molecular weight excluding hydrogens is 190 g/mol. The van der Waals surface area contributed by atoms with Crippen LogP contribution in [0.1, 0.15) is 0 Å². The number of rotatable bonds is 1. The van der Waals surface area contributed by atoms with Gasteiger partial charge in [-0.25, -0.2) is 0 Å². The van der Waals surface area contributed by atoms with Crippen LogP contribution >= 0.6 is 0 Å². The van der Waals surface area contributed by atoms with Gasteiger partial charge in [-0.3, -0.25) is 4.90 Å². The molecule has 76 valence electrons. The molecule has 0 aliphatic carbocycles. The largest absolute Gasteiger partial charge is 0.480 e. The van der Waals surface area contributed by atoms with Gasteiger partial charge in [-0.05, 0) is 12.1 Å². The lowest BCUT2D eigenvalue weighted by atomic mass is 10.2. The van der Waals surface area contributed by atoms with Crippen LogP contribution < -0.4 is 15.4 Å². The molecule has 4 heteroatoms. The van der Waals surface area contributed by atoms with Crippen LogP contribution in [0.2, 0.25) is 0 Å². The fraction of sp³-hybridized carbons (Fsp3) is 0.182. The van der Waals surface area contributed by atoms with E-state index in [0.717, 1.165) is 5.69 Å². The highest BCUT2D eigenvalue weighted by molar-refractivity contribution is 5.63. The standard InChI is InChI=1S/C11H11N3O/c1-8(13)11-6-14(7-12)9-4-2-3-5-10(9)15-11/h2-5,11H,1,6,13H2. The van der Waals surface area contributed by atoms with Crippen LogP contribution in [0.25, 0.3) is 0 Å². The summed E-state index contributed by atoms with van der Waals surface area (Å²) in [6.07, 6.45) is 1.78. The Kier molecular flexibility index (Phi) is 2.22. The molecule has 0 aromatic heterocycles. The Morgan fingerprint density at radius 1 is 1.60 bits per heavy atom. The smallest absolute Gasteiger partial charge is 0.184 e. The van der Waals surface area contributed by atoms with E-state index in [1.807, 2.05) is 24.3 Å². The topological polar surface area (TPSA) is 62.3 Å². The van der Waals surface area contributed by atoms with Gasteiger partial charge in [-0.15, -0.1) is 0 Å². The molecule has 1 heterocycles. The maximum atomic E-state index is 8.99. The molecular formula is C11H11N3O. The fourth-order valence-corrected chi connectivity index (χ4v) is 1.52. The van der Waals surface area contributed by atoms with Crippen molar-refractivity contribution in [2.75, 3.05) is 11.4 Å². The molecule has 1 atom stereocenters. The molecule has 0 radical (unpaired) electrons. The lowest BCUT2D eigenvalue weighted by Gasteiger charge is -2.31. The molecule has 0 spiro atoms. The first-order chi connectivity index (χ1) is 7.22. The number of anilines is 1. The second-order valence-corrected chi connectivity index (χ2v) is 3.36. The van der Waals surface area contributed by atoms with Gasteiger partial charge in [0.2, 0.25) is 0 Å². The SMILES string of the molecule is C=C(N)C1CN(C#N)c2ccccc2O1. The lowest BCUT2D eigenvalue weighted by molar-refractivity contribution is 0.231. The predicted molar refractivity (Wildman–Crippen MR) is 57.1 cm³/mol. The number of benzene rings is 1. The van der Waals surface area contributed by atoms with E-state index in [-0.39, 0.29) is 6.10 Å². The van der Waals surface area contributed by atoms with Gasteiger partial charge in [0.25, 0.3) is 0 Å².